The van der Waals surface area contributed by atoms with Gasteiger partial charge in [-0.15, -0.1) is 10.2 Å². The highest BCUT2D eigenvalue weighted by Gasteiger charge is 2.17. The number of nitrogens with zero attached hydrogens (tertiary/aromatic N) is 6. The Morgan fingerprint density at radius 2 is 0.667 bits per heavy atom. The molecule has 0 aliphatic heterocycles. The van der Waals surface area contributed by atoms with Gasteiger partial charge in [0, 0.05) is 33.4 Å². The van der Waals surface area contributed by atoms with Crippen molar-refractivity contribution in [1.29, 1.82) is 0 Å². The summed E-state index contributed by atoms with van der Waals surface area (Å²) in [4.78, 5) is 0. The Hall–Kier alpha value is -7.12. The van der Waals surface area contributed by atoms with E-state index >= 15 is 0 Å². The normalized spacial score (nSPS) is 11.1. The second kappa shape index (κ2) is 13.1. The summed E-state index contributed by atoms with van der Waals surface area (Å²) < 4.78 is 10.1. The van der Waals surface area contributed by atoms with E-state index in [0.29, 0.717) is 11.8 Å². The minimum Gasteiger partial charge on any atom is -0.416 e. The van der Waals surface area contributed by atoms with E-state index in [1.54, 1.807) is 0 Å². The molecule has 0 N–H and O–H groups in total. The molecule has 0 fully saturated rings. The van der Waals surface area contributed by atoms with E-state index in [1.807, 2.05) is 131 Å². The molecule has 3 heterocycles. The van der Waals surface area contributed by atoms with Crippen LogP contribution in [0.1, 0.15) is 0 Å². The van der Waals surface area contributed by atoms with E-state index in [4.69, 9.17) is 14.6 Å². The van der Waals surface area contributed by atoms with Crippen molar-refractivity contribution in [2.75, 3.05) is 0 Å². The monoisotopic (exact) mass is 658 g/mol. The maximum Gasteiger partial charge on any atom is 0.248 e. The van der Waals surface area contributed by atoms with Crippen LogP contribution in [-0.4, -0.2) is 29.8 Å². The molecule has 0 amide bonds. The molecule has 7 nitrogen and oxygen atoms in total. The van der Waals surface area contributed by atoms with Gasteiger partial charge in [0.1, 0.15) is 0 Å². The lowest BCUT2D eigenvalue weighted by Gasteiger charge is -2.08. The Labute approximate surface area is 294 Å². The Kier molecular flexibility index (Phi) is 7.68. The second-order valence-corrected chi connectivity index (χ2v) is 12.1. The Balaban J connectivity index is 0.995. The van der Waals surface area contributed by atoms with Crippen molar-refractivity contribution in [3.63, 3.8) is 0 Å². The Morgan fingerprint density at radius 1 is 0.333 bits per heavy atom. The summed E-state index contributed by atoms with van der Waals surface area (Å²) >= 11 is 0. The van der Waals surface area contributed by atoms with Crippen LogP contribution in [0.25, 0.3) is 79.3 Å². The maximum absolute atomic E-state index is 6.19. The first-order chi connectivity index (χ1) is 25.3. The summed E-state index contributed by atoms with van der Waals surface area (Å²) in [7, 11) is 0. The molecule has 0 unspecified atom stereocenters. The predicted octanol–water partition coefficient (Wildman–Crippen LogP) is 10.4. The average Bonchev–Trinajstić information content (AvgIpc) is 3.99. The van der Waals surface area contributed by atoms with E-state index in [2.05, 4.69) is 70.9 Å². The largest absolute Gasteiger partial charge is 0.416 e. The molecule has 0 aliphatic rings. The van der Waals surface area contributed by atoms with E-state index in [9.17, 15) is 0 Å². The highest BCUT2D eigenvalue weighted by Crippen LogP contribution is 2.32. The lowest BCUT2D eigenvalue weighted by atomic mass is 10.1. The highest BCUT2D eigenvalue weighted by molar-refractivity contribution is 5.72. The summed E-state index contributed by atoms with van der Waals surface area (Å²) in [6.07, 6.45) is 0. The SMILES string of the molecule is c1ccc(-c2cc(-c3ccccc3)n(-c3ccc(-c4nnc(-c5ccc(-n6nc(-c7ccccc7)cc6-c6ccccc6)cc5)o4)cc3)n2)cc1. The van der Waals surface area contributed by atoms with Gasteiger partial charge in [-0.3, -0.25) is 0 Å². The van der Waals surface area contributed by atoms with Crippen LogP contribution in [0.15, 0.2) is 186 Å². The Morgan fingerprint density at radius 3 is 1.02 bits per heavy atom. The molecule has 0 radical (unpaired) electrons. The van der Waals surface area contributed by atoms with Crippen LogP contribution in [0.4, 0.5) is 0 Å². The molecule has 0 atom stereocenters. The van der Waals surface area contributed by atoms with Crippen molar-refractivity contribution in [3.8, 4) is 79.3 Å². The molecule has 0 saturated carbocycles. The summed E-state index contributed by atoms with van der Waals surface area (Å²) in [5, 5.41) is 18.8. The molecule has 0 bridgehead atoms. The van der Waals surface area contributed by atoms with Gasteiger partial charge >= 0.3 is 0 Å². The molecule has 9 rings (SSSR count). The van der Waals surface area contributed by atoms with Crippen molar-refractivity contribution >= 4 is 0 Å². The smallest absolute Gasteiger partial charge is 0.248 e. The van der Waals surface area contributed by atoms with Crippen LogP contribution in [0.3, 0.4) is 0 Å². The zero-order chi connectivity index (χ0) is 34.0. The molecular weight excluding hydrogens is 629 g/mol. The molecule has 7 heteroatoms. The van der Waals surface area contributed by atoms with Gasteiger partial charge in [-0.2, -0.15) is 10.2 Å². The van der Waals surface area contributed by atoms with Crippen LogP contribution in [0.5, 0.6) is 0 Å². The van der Waals surface area contributed by atoms with Crippen LogP contribution in [-0.2, 0) is 0 Å². The van der Waals surface area contributed by atoms with Gasteiger partial charge in [0.05, 0.1) is 34.2 Å². The molecule has 3 aromatic heterocycles. The van der Waals surface area contributed by atoms with E-state index in [0.717, 1.165) is 67.5 Å². The predicted molar refractivity (Wildman–Crippen MR) is 201 cm³/mol. The lowest BCUT2D eigenvalue weighted by molar-refractivity contribution is 0.584. The summed E-state index contributed by atoms with van der Waals surface area (Å²) in [6, 6.07) is 61.4. The minimum absolute atomic E-state index is 0.445. The van der Waals surface area contributed by atoms with Gasteiger partial charge in [-0.05, 0) is 60.7 Å². The zero-order valence-electron chi connectivity index (χ0n) is 27.4. The summed E-state index contributed by atoms with van der Waals surface area (Å²) in [5.41, 5.74) is 11.6. The molecular formula is C44H30N6O. The van der Waals surface area contributed by atoms with Gasteiger partial charge < -0.3 is 4.42 Å². The fourth-order valence-corrected chi connectivity index (χ4v) is 6.23. The highest BCUT2D eigenvalue weighted by atomic mass is 16.4. The maximum atomic E-state index is 6.19. The topological polar surface area (TPSA) is 74.6 Å². The fourth-order valence-electron chi connectivity index (χ4n) is 6.23. The third-order valence-corrected chi connectivity index (χ3v) is 8.84. The molecule has 0 saturated heterocycles. The zero-order valence-corrected chi connectivity index (χ0v) is 27.4. The van der Waals surface area contributed by atoms with E-state index < -0.39 is 0 Å². The Bertz CT molecular complexity index is 2360. The van der Waals surface area contributed by atoms with Crippen molar-refractivity contribution in [2.45, 2.75) is 0 Å². The number of benzene rings is 6. The van der Waals surface area contributed by atoms with Crippen LogP contribution in [0.2, 0.25) is 0 Å². The molecule has 242 valence electrons. The first-order valence-corrected chi connectivity index (χ1v) is 16.7. The van der Waals surface area contributed by atoms with Gasteiger partial charge in [0.15, 0.2) is 0 Å². The third-order valence-electron chi connectivity index (χ3n) is 8.84. The van der Waals surface area contributed by atoms with Crippen molar-refractivity contribution in [1.82, 2.24) is 29.8 Å². The molecule has 9 aromatic rings. The number of aromatic nitrogens is 6. The first kappa shape index (κ1) is 30.0. The van der Waals surface area contributed by atoms with Gasteiger partial charge in [-0.25, -0.2) is 9.36 Å². The van der Waals surface area contributed by atoms with E-state index in [-0.39, 0.29) is 0 Å². The van der Waals surface area contributed by atoms with E-state index in [1.165, 1.54) is 0 Å². The quantitative estimate of drug-likeness (QED) is 0.162. The number of hydrogen-bond acceptors (Lipinski definition) is 5. The standard InChI is InChI=1S/C44H30N6O/c1-5-13-31(14-6-1)39-29-41(33-17-9-3-10-18-33)49(47-39)37-25-21-35(22-26-37)43-45-46-44(51-43)36-23-27-38(28-24-36)50-42(34-19-11-4-12-20-34)30-40(48-50)32-15-7-2-8-16-32/h1-30H. The van der Waals surface area contributed by atoms with Crippen LogP contribution >= 0.6 is 0 Å². The molecule has 0 aliphatic carbocycles. The molecule has 0 spiro atoms. The minimum atomic E-state index is 0.445. The fraction of sp³-hybridized carbons (Fsp3) is 0. The van der Waals surface area contributed by atoms with Gasteiger partial charge in [0.2, 0.25) is 11.8 Å². The molecule has 51 heavy (non-hydrogen) atoms. The van der Waals surface area contributed by atoms with Crippen molar-refractivity contribution in [3.05, 3.63) is 182 Å². The van der Waals surface area contributed by atoms with Crippen LogP contribution < -0.4 is 0 Å². The first-order valence-electron chi connectivity index (χ1n) is 16.7. The van der Waals surface area contributed by atoms with Gasteiger partial charge in [0.25, 0.3) is 0 Å². The second-order valence-electron chi connectivity index (χ2n) is 12.1. The molecule has 6 aromatic carbocycles. The number of rotatable bonds is 8. The van der Waals surface area contributed by atoms with Crippen molar-refractivity contribution in [2.24, 2.45) is 0 Å². The number of hydrogen-bond donors (Lipinski definition) is 0. The summed E-state index contributed by atoms with van der Waals surface area (Å²) in [6.45, 7) is 0. The summed E-state index contributed by atoms with van der Waals surface area (Å²) in [5.74, 6) is 0.889. The lowest BCUT2D eigenvalue weighted by Crippen LogP contribution is -1.99. The van der Waals surface area contributed by atoms with Crippen LogP contribution in [0, 0.1) is 0 Å². The average molecular weight is 659 g/mol. The third kappa shape index (κ3) is 5.94. The van der Waals surface area contributed by atoms with Gasteiger partial charge in [-0.1, -0.05) is 121 Å². The van der Waals surface area contributed by atoms with Crippen molar-refractivity contribution < 1.29 is 4.42 Å².